The number of benzene rings is 1. The Morgan fingerprint density at radius 2 is 1.89 bits per heavy atom. The van der Waals surface area contributed by atoms with E-state index in [1.54, 1.807) is 14.2 Å². The van der Waals surface area contributed by atoms with Crippen LogP contribution >= 0.6 is 0 Å². The van der Waals surface area contributed by atoms with Crippen LogP contribution in [0.4, 0.5) is 0 Å². The highest BCUT2D eigenvalue weighted by atomic mass is 16.5. The summed E-state index contributed by atoms with van der Waals surface area (Å²) < 4.78 is 10.8. The zero-order chi connectivity index (χ0) is 14.0. The van der Waals surface area contributed by atoms with Crippen LogP contribution in [-0.4, -0.2) is 24.4 Å². The predicted molar refractivity (Wildman–Crippen MR) is 74.5 cm³/mol. The van der Waals surface area contributed by atoms with Crippen LogP contribution in [0.25, 0.3) is 11.3 Å². The van der Waals surface area contributed by atoms with E-state index in [2.05, 4.69) is 10.2 Å². The number of nitrogens with zero attached hydrogens (tertiary/aromatic N) is 1. The molecule has 3 N–H and O–H groups in total. The Hall–Kier alpha value is -2.01. The molecule has 2 rings (SSSR count). The van der Waals surface area contributed by atoms with Gasteiger partial charge in [0.15, 0.2) is 0 Å². The highest BCUT2D eigenvalue weighted by Crippen LogP contribution is 2.38. The smallest absolute Gasteiger partial charge is 0.134 e. The summed E-state index contributed by atoms with van der Waals surface area (Å²) in [4.78, 5) is 0. The lowest BCUT2D eigenvalue weighted by Gasteiger charge is -2.13. The Bertz CT molecular complexity index is 591. The number of aromatic amines is 1. The van der Waals surface area contributed by atoms with Crippen LogP contribution < -0.4 is 15.2 Å². The maximum Gasteiger partial charge on any atom is 0.134 e. The summed E-state index contributed by atoms with van der Waals surface area (Å²) in [7, 11) is 3.30. The average molecular weight is 261 g/mol. The molecule has 19 heavy (non-hydrogen) atoms. The van der Waals surface area contributed by atoms with E-state index in [-0.39, 0.29) is 0 Å². The van der Waals surface area contributed by atoms with Gasteiger partial charge in [0.05, 0.1) is 25.6 Å². The summed E-state index contributed by atoms with van der Waals surface area (Å²) in [6.45, 7) is 4.41. The van der Waals surface area contributed by atoms with E-state index in [0.717, 1.165) is 39.6 Å². The van der Waals surface area contributed by atoms with Crippen molar-refractivity contribution < 1.29 is 9.47 Å². The zero-order valence-corrected chi connectivity index (χ0v) is 11.7. The van der Waals surface area contributed by atoms with E-state index >= 15 is 0 Å². The largest absolute Gasteiger partial charge is 0.496 e. The number of methoxy groups -OCH3 is 2. The molecule has 5 nitrogen and oxygen atoms in total. The topological polar surface area (TPSA) is 73.2 Å². The molecule has 0 bridgehead atoms. The molecule has 1 aromatic heterocycles. The van der Waals surface area contributed by atoms with Crippen LogP contribution in [0.5, 0.6) is 11.5 Å². The van der Waals surface area contributed by atoms with Gasteiger partial charge in [-0.25, -0.2) is 0 Å². The van der Waals surface area contributed by atoms with Crippen molar-refractivity contribution in [2.24, 2.45) is 5.73 Å². The molecular weight excluding hydrogens is 242 g/mol. The minimum Gasteiger partial charge on any atom is -0.496 e. The molecule has 5 heteroatoms. The Kier molecular flexibility index (Phi) is 3.76. The van der Waals surface area contributed by atoms with Gasteiger partial charge in [-0.3, -0.25) is 5.10 Å². The molecule has 0 atom stereocenters. The molecule has 0 spiro atoms. The molecule has 0 amide bonds. The third-order valence-electron chi connectivity index (χ3n) is 3.35. The maximum absolute atomic E-state index is 5.67. The van der Waals surface area contributed by atoms with E-state index < -0.39 is 0 Å². The van der Waals surface area contributed by atoms with Gasteiger partial charge in [0.1, 0.15) is 11.5 Å². The Labute approximate surface area is 112 Å². The van der Waals surface area contributed by atoms with Crippen molar-refractivity contribution in [2.75, 3.05) is 14.2 Å². The zero-order valence-electron chi connectivity index (χ0n) is 11.7. The SMILES string of the molecule is COc1ccc(-c2n[nH]c(CN)c2C)c(OC)c1C. The van der Waals surface area contributed by atoms with E-state index in [1.165, 1.54) is 0 Å². The highest BCUT2D eigenvalue weighted by Gasteiger charge is 2.17. The van der Waals surface area contributed by atoms with Crippen molar-refractivity contribution >= 4 is 0 Å². The van der Waals surface area contributed by atoms with E-state index in [0.29, 0.717) is 6.54 Å². The second-order valence-electron chi connectivity index (χ2n) is 4.35. The van der Waals surface area contributed by atoms with Crippen molar-refractivity contribution in [3.63, 3.8) is 0 Å². The summed E-state index contributed by atoms with van der Waals surface area (Å²) in [5.74, 6) is 1.57. The molecule has 102 valence electrons. The second-order valence-corrected chi connectivity index (χ2v) is 4.35. The number of hydrogen-bond acceptors (Lipinski definition) is 4. The quantitative estimate of drug-likeness (QED) is 0.884. The predicted octanol–water partition coefficient (Wildman–Crippen LogP) is 2.17. The van der Waals surface area contributed by atoms with Gasteiger partial charge in [-0.2, -0.15) is 5.10 Å². The highest BCUT2D eigenvalue weighted by molar-refractivity contribution is 5.73. The first-order valence-corrected chi connectivity index (χ1v) is 6.09. The average Bonchev–Trinajstić information content (AvgIpc) is 2.79. The molecule has 1 heterocycles. The summed E-state index contributed by atoms with van der Waals surface area (Å²) in [6, 6.07) is 3.87. The number of hydrogen-bond donors (Lipinski definition) is 2. The van der Waals surface area contributed by atoms with Gasteiger partial charge in [-0.15, -0.1) is 0 Å². The lowest BCUT2D eigenvalue weighted by Crippen LogP contribution is -1.98. The van der Waals surface area contributed by atoms with Crippen LogP contribution in [0, 0.1) is 13.8 Å². The summed E-state index contributed by atoms with van der Waals surface area (Å²) in [5, 5.41) is 7.30. The number of rotatable bonds is 4. The number of nitrogens with two attached hydrogens (primary N) is 1. The van der Waals surface area contributed by atoms with E-state index in [9.17, 15) is 0 Å². The van der Waals surface area contributed by atoms with Crippen molar-refractivity contribution in [1.29, 1.82) is 0 Å². The molecule has 0 saturated heterocycles. The van der Waals surface area contributed by atoms with Crippen LogP contribution in [0.2, 0.25) is 0 Å². The number of H-pyrrole nitrogens is 1. The van der Waals surface area contributed by atoms with Gasteiger partial charge in [0, 0.05) is 17.7 Å². The van der Waals surface area contributed by atoms with Crippen molar-refractivity contribution in [1.82, 2.24) is 10.2 Å². The molecule has 0 aliphatic heterocycles. The third kappa shape index (κ3) is 2.17. The lowest BCUT2D eigenvalue weighted by molar-refractivity contribution is 0.390. The Morgan fingerprint density at radius 3 is 2.42 bits per heavy atom. The molecule has 0 unspecified atom stereocenters. The normalized spacial score (nSPS) is 10.6. The summed E-state index contributed by atoms with van der Waals surface area (Å²) in [5.41, 5.74) is 10.4. The fourth-order valence-corrected chi connectivity index (χ4v) is 2.24. The molecule has 0 fully saturated rings. The van der Waals surface area contributed by atoms with Gasteiger partial charge >= 0.3 is 0 Å². The van der Waals surface area contributed by atoms with Crippen molar-refractivity contribution in [3.05, 3.63) is 29.0 Å². The molecule has 0 radical (unpaired) electrons. The number of ether oxygens (including phenoxy) is 2. The van der Waals surface area contributed by atoms with Crippen molar-refractivity contribution in [2.45, 2.75) is 20.4 Å². The van der Waals surface area contributed by atoms with Crippen molar-refractivity contribution in [3.8, 4) is 22.8 Å². The first-order chi connectivity index (χ1) is 9.13. The molecule has 0 aliphatic rings. The third-order valence-corrected chi connectivity index (χ3v) is 3.35. The molecule has 0 aliphatic carbocycles. The fourth-order valence-electron chi connectivity index (χ4n) is 2.24. The summed E-state index contributed by atoms with van der Waals surface area (Å²) >= 11 is 0. The monoisotopic (exact) mass is 261 g/mol. The van der Waals surface area contributed by atoms with Crippen LogP contribution in [0.1, 0.15) is 16.8 Å². The van der Waals surface area contributed by atoms with E-state index in [1.807, 2.05) is 26.0 Å². The van der Waals surface area contributed by atoms with Crippen LogP contribution in [-0.2, 0) is 6.54 Å². The first-order valence-electron chi connectivity index (χ1n) is 6.09. The molecule has 1 aromatic carbocycles. The standard InChI is InChI=1S/C14H19N3O2/c1-8-11(7-15)16-17-13(8)10-5-6-12(18-3)9(2)14(10)19-4/h5-6H,7,15H2,1-4H3,(H,16,17). The van der Waals surface area contributed by atoms with Gasteiger partial charge in [0.2, 0.25) is 0 Å². The van der Waals surface area contributed by atoms with Gasteiger partial charge < -0.3 is 15.2 Å². The molecule has 0 saturated carbocycles. The second kappa shape index (κ2) is 5.32. The lowest BCUT2D eigenvalue weighted by atomic mass is 10.0. The Balaban J connectivity index is 2.62. The van der Waals surface area contributed by atoms with E-state index in [4.69, 9.17) is 15.2 Å². The number of aromatic nitrogens is 2. The van der Waals surface area contributed by atoms with Gasteiger partial charge in [-0.05, 0) is 31.5 Å². The molecular formula is C14H19N3O2. The number of nitrogens with one attached hydrogen (secondary N) is 1. The molecule has 2 aromatic rings. The fraction of sp³-hybridized carbons (Fsp3) is 0.357. The van der Waals surface area contributed by atoms with Crippen LogP contribution in [0.3, 0.4) is 0 Å². The van der Waals surface area contributed by atoms with Gasteiger partial charge in [-0.1, -0.05) is 0 Å². The summed E-state index contributed by atoms with van der Waals surface area (Å²) in [6.07, 6.45) is 0. The Morgan fingerprint density at radius 1 is 1.16 bits per heavy atom. The first kappa shape index (κ1) is 13.4. The minimum absolute atomic E-state index is 0.441. The van der Waals surface area contributed by atoms with Crippen LogP contribution in [0.15, 0.2) is 12.1 Å². The minimum atomic E-state index is 0.441. The van der Waals surface area contributed by atoms with Gasteiger partial charge in [0.25, 0.3) is 0 Å². The maximum atomic E-state index is 5.67.